The van der Waals surface area contributed by atoms with E-state index in [0.29, 0.717) is 30.4 Å². The molecule has 0 aliphatic carbocycles. The van der Waals surface area contributed by atoms with Crippen LogP contribution in [-0.2, 0) is 25.1 Å². The number of aromatic nitrogens is 3. The lowest BCUT2D eigenvalue weighted by atomic mass is 9.92. The third kappa shape index (κ3) is 3.31. The number of fused-ring (bicyclic) bond motifs is 1. The number of piperidine rings is 1. The second-order valence-corrected chi connectivity index (χ2v) is 7.03. The van der Waals surface area contributed by atoms with E-state index in [9.17, 15) is 27.6 Å². The van der Waals surface area contributed by atoms with Gasteiger partial charge < -0.3 is 4.90 Å². The first-order chi connectivity index (χ1) is 13.1. The predicted octanol–water partition coefficient (Wildman–Crippen LogP) is 1.77. The van der Waals surface area contributed by atoms with Crippen molar-refractivity contribution in [3.63, 3.8) is 0 Å². The standard InChI is InChI=1S/C18H21F3N4O3/c1-4-13(26)25-7-5-6-10(9-25)12-8-11(18(19,20)21)14-15(22-12)23(2)17(28)24(3)16(14)27/h8,10H,4-7,9H2,1-3H3. The lowest BCUT2D eigenvalue weighted by Crippen LogP contribution is -2.40. The Balaban J connectivity index is 2.24. The summed E-state index contributed by atoms with van der Waals surface area (Å²) < 4.78 is 42.8. The van der Waals surface area contributed by atoms with Crippen molar-refractivity contribution < 1.29 is 18.0 Å². The number of halogens is 3. The van der Waals surface area contributed by atoms with Crippen molar-refractivity contribution in [1.82, 2.24) is 19.0 Å². The average molecular weight is 398 g/mol. The van der Waals surface area contributed by atoms with Gasteiger partial charge in [-0.1, -0.05) is 6.92 Å². The largest absolute Gasteiger partial charge is 0.417 e. The van der Waals surface area contributed by atoms with E-state index in [1.54, 1.807) is 11.8 Å². The normalized spacial score (nSPS) is 17.9. The number of nitrogens with zero attached hydrogens (tertiary/aromatic N) is 4. The zero-order valence-electron chi connectivity index (χ0n) is 15.8. The molecule has 10 heteroatoms. The maximum atomic E-state index is 13.7. The molecule has 152 valence electrons. The maximum absolute atomic E-state index is 13.7. The number of pyridine rings is 1. The molecule has 1 unspecified atom stereocenters. The molecule has 0 radical (unpaired) electrons. The first-order valence-electron chi connectivity index (χ1n) is 9.01. The third-order valence-electron chi connectivity index (χ3n) is 5.23. The lowest BCUT2D eigenvalue weighted by molar-refractivity contribution is -0.136. The molecule has 1 atom stereocenters. The second kappa shape index (κ2) is 7.06. The highest BCUT2D eigenvalue weighted by atomic mass is 19.4. The van der Waals surface area contributed by atoms with E-state index in [1.165, 1.54) is 7.05 Å². The number of alkyl halides is 3. The minimum atomic E-state index is -4.78. The Morgan fingerprint density at radius 2 is 1.93 bits per heavy atom. The summed E-state index contributed by atoms with van der Waals surface area (Å²) in [6.07, 6.45) is -3.25. The molecule has 7 nitrogen and oxygen atoms in total. The molecule has 0 saturated carbocycles. The van der Waals surface area contributed by atoms with Crippen LogP contribution in [0.1, 0.15) is 43.4 Å². The van der Waals surface area contributed by atoms with Crippen molar-refractivity contribution in [2.75, 3.05) is 13.1 Å². The van der Waals surface area contributed by atoms with Gasteiger partial charge in [-0.2, -0.15) is 13.2 Å². The van der Waals surface area contributed by atoms with Crippen molar-refractivity contribution in [1.29, 1.82) is 0 Å². The number of carbonyl (C=O) groups excluding carboxylic acids is 1. The van der Waals surface area contributed by atoms with Crippen LogP contribution >= 0.6 is 0 Å². The molecule has 1 aliphatic rings. The van der Waals surface area contributed by atoms with E-state index in [1.807, 2.05) is 0 Å². The topological polar surface area (TPSA) is 77.2 Å². The fourth-order valence-electron chi connectivity index (χ4n) is 3.68. The van der Waals surface area contributed by atoms with E-state index in [2.05, 4.69) is 4.98 Å². The summed E-state index contributed by atoms with van der Waals surface area (Å²) in [7, 11) is 2.42. The zero-order valence-corrected chi connectivity index (χ0v) is 15.8. The van der Waals surface area contributed by atoms with E-state index < -0.39 is 34.3 Å². The van der Waals surface area contributed by atoms with E-state index in [0.717, 1.165) is 17.7 Å². The molecule has 0 aromatic carbocycles. The van der Waals surface area contributed by atoms with Gasteiger partial charge in [-0.05, 0) is 18.9 Å². The van der Waals surface area contributed by atoms with E-state index >= 15 is 0 Å². The van der Waals surface area contributed by atoms with Gasteiger partial charge in [0.1, 0.15) is 5.65 Å². The maximum Gasteiger partial charge on any atom is 0.417 e. The summed E-state index contributed by atoms with van der Waals surface area (Å²) in [6.45, 7) is 2.55. The molecule has 0 N–H and O–H groups in total. The SMILES string of the molecule is CCC(=O)N1CCCC(c2cc(C(F)(F)F)c3c(=O)n(C)c(=O)n(C)c3n2)C1. The third-order valence-corrected chi connectivity index (χ3v) is 5.23. The quantitative estimate of drug-likeness (QED) is 0.773. The molecular formula is C18H21F3N4O3. The van der Waals surface area contributed by atoms with Gasteiger partial charge in [0.25, 0.3) is 5.56 Å². The van der Waals surface area contributed by atoms with Gasteiger partial charge >= 0.3 is 11.9 Å². The minimum Gasteiger partial charge on any atom is -0.342 e. The number of amides is 1. The Kier molecular flexibility index (Phi) is 5.07. The summed E-state index contributed by atoms with van der Waals surface area (Å²) in [5, 5.41) is -0.627. The molecule has 1 saturated heterocycles. The molecule has 0 spiro atoms. The van der Waals surface area contributed by atoms with Crippen LogP contribution in [0.15, 0.2) is 15.7 Å². The zero-order chi connectivity index (χ0) is 20.8. The van der Waals surface area contributed by atoms with Crippen molar-refractivity contribution in [3.05, 3.63) is 38.2 Å². The van der Waals surface area contributed by atoms with Crippen LogP contribution in [0, 0.1) is 0 Å². The van der Waals surface area contributed by atoms with Gasteiger partial charge in [0, 0.05) is 45.2 Å². The molecule has 1 aliphatic heterocycles. The highest BCUT2D eigenvalue weighted by Gasteiger charge is 2.37. The molecule has 1 fully saturated rings. The van der Waals surface area contributed by atoms with E-state index in [-0.39, 0.29) is 23.8 Å². The summed E-state index contributed by atoms with van der Waals surface area (Å²) in [5.74, 6) is -0.461. The van der Waals surface area contributed by atoms with Crippen LogP contribution in [0.4, 0.5) is 13.2 Å². The van der Waals surface area contributed by atoms with Crippen molar-refractivity contribution in [3.8, 4) is 0 Å². The van der Waals surface area contributed by atoms with Crippen molar-refractivity contribution in [2.24, 2.45) is 14.1 Å². The first-order valence-corrected chi connectivity index (χ1v) is 9.01. The number of likely N-dealkylation sites (tertiary alicyclic amines) is 1. The first kappa shape index (κ1) is 20.1. The molecule has 28 heavy (non-hydrogen) atoms. The Labute approximate surface area is 158 Å². The van der Waals surface area contributed by atoms with Crippen LogP contribution < -0.4 is 11.2 Å². The predicted molar refractivity (Wildman–Crippen MR) is 96.1 cm³/mol. The van der Waals surface area contributed by atoms with Gasteiger partial charge in [0.2, 0.25) is 5.91 Å². The molecule has 0 bridgehead atoms. The Bertz CT molecular complexity index is 1060. The smallest absolute Gasteiger partial charge is 0.342 e. The van der Waals surface area contributed by atoms with Crippen LogP contribution in [-0.4, -0.2) is 38.0 Å². The van der Waals surface area contributed by atoms with Gasteiger partial charge in [0.05, 0.1) is 10.9 Å². The fourth-order valence-corrected chi connectivity index (χ4v) is 3.68. The van der Waals surface area contributed by atoms with Gasteiger partial charge in [-0.15, -0.1) is 0 Å². The van der Waals surface area contributed by atoms with Crippen LogP contribution in [0.3, 0.4) is 0 Å². The number of carbonyl (C=O) groups is 1. The number of rotatable bonds is 2. The monoisotopic (exact) mass is 398 g/mol. The van der Waals surface area contributed by atoms with Gasteiger partial charge in [-0.3, -0.25) is 18.7 Å². The summed E-state index contributed by atoms with van der Waals surface area (Å²) in [5.41, 5.74) is -3.05. The van der Waals surface area contributed by atoms with Gasteiger partial charge in [-0.25, -0.2) is 9.78 Å². The number of hydrogen-bond donors (Lipinski definition) is 0. The van der Waals surface area contributed by atoms with Crippen LogP contribution in [0.25, 0.3) is 11.0 Å². The number of hydrogen-bond acceptors (Lipinski definition) is 4. The summed E-state index contributed by atoms with van der Waals surface area (Å²) in [6, 6.07) is 0.888. The summed E-state index contributed by atoms with van der Waals surface area (Å²) in [4.78, 5) is 42.5. The molecule has 3 rings (SSSR count). The van der Waals surface area contributed by atoms with Crippen molar-refractivity contribution in [2.45, 2.75) is 38.3 Å². The minimum absolute atomic E-state index is 0.0668. The highest BCUT2D eigenvalue weighted by Crippen LogP contribution is 2.36. The summed E-state index contributed by atoms with van der Waals surface area (Å²) >= 11 is 0. The Hall–Kier alpha value is -2.65. The number of aryl methyl sites for hydroxylation is 1. The molecule has 3 heterocycles. The van der Waals surface area contributed by atoms with E-state index in [4.69, 9.17) is 0 Å². The van der Waals surface area contributed by atoms with Crippen LogP contribution in [0.2, 0.25) is 0 Å². The Morgan fingerprint density at radius 3 is 2.54 bits per heavy atom. The Morgan fingerprint density at radius 1 is 1.25 bits per heavy atom. The highest BCUT2D eigenvalue weighted by molar-refractivity contribution is 5.79. The molecule has 1 amide bonds. The molecular weight excluding hydrogens is 377 g/mol. The average Bonchev–Trinajstić information content (AvgIpc) is 2.68. The molecule has 2 aromatic heterocycles. The van der Waals surface area contributed by atoms with Crippen molar-refractivity contribution >= 4 is 16.9 Å². The van der Waals surface area contributed by atoms with Gasteiger partial charge in [0.15, 0.2) is 0 Å². The molecule has 2 aromatic rings. The lowest BCUT2D eigenvalue weighted by Gasteiger charge is -2.32. The fraction of sp³-hybridized carbons (Fsp3) is 0.556. The second-order valence-electron chi connectivity index (χ2n) is 7.03. The van der Waals surface area contributed by atoms with Crippen LogP contribution in [0.5, 0.6) is 0 Å².